The molecule has 0 aliphatic rings. The summed E-state index contributed by atoms with van der Waals surface area (Å²) < 4.78 is 0. The molecule has 0 saturated carbocycles. The predicted octanol–water partition coefficient (Wildman–Crippen LogP) is 8.88. The Hall–Kier alpha value is -1.50. The van der Waals surface area contributed by atoms with Gasteiger partial charge in [0.05, 0.1) is 0 Å². The van der Waals surface area contributed by atoms with Crippen molar-refractivity contribution in [1.29, 1.82) is 0 Å². The molecule has 166 valence electrons. The molecule has 0 saturated heterocycles. The molecular weight excluding hydrogens is 480 g/mol. The van der Waals surface area contributed by atoms with E-state index in [9.17, 15) is 0 Å². The van der Waals surface area contributed by atoms with Crippen LogP contribution in [0.15, 0.2) is 48.5 Å². The van der Waals surface area contributed by atoms with Gasteiger partial charge in [-0.05, 0) is 38.8 Å². The maximum absolute atomic E-state index is 2.31. The summed E-state index contributed by atoms with van der Waals surface area (Å²) in [5.41, 5.74) is 14.3. The molecule has 0 amide bonds. The standard InChI is InChI=1S/C19H19.C9H13.C2H6Si.Zr/c1-12-11-13(2)15(4)19(14(12)3)18-10-9-16-7-5-6-8-17(16)18;1-6-5-7(2)9(4)8(6)3;1-3-2;/h5-11H,1-4H3;5H,1-4H3;1-2H3;/q2*-1;;+2. The zero-order valence-corrected chi connectivity index (χ0v) is 25.1. The third kappa shape index (κ3) is 6.30. The third-order valence-electron chi connectivity index (χ3n) is 6.49. The van der Waals surface area contributed by atoms with Gasteiger partial charge in [0.25, 0.3) is 0 Å². The molecule has 4 rings (SSSR count). The number of rotatable bonds is 1. The minimum absolute atomic E-state index is 0.210. The van der Waals surface area contributed by atoms with Crippen molar-refractivity contribution in [2.24, 2.45) is 0 Å². The van der Waals surface area contributed by atoms with E-state index in [0.717, 1.165) is 0 Å². The second kappa shape index (κ2) is 11.6. The summed E-state index contributed by atoms with van der Waals surface area (Å²) in [5.74, 6) is 0. The molecule has 0 aliphatic carbocycles. The van der Waals surface area contributed by atoms with Crippen LogP contribution in [0, 0.1) is 55.4 Å². The molecule has 0 spiro atoms. The monoisotopic (exact) mass is 516 g/mol. The Labute approximate surface area is 211 Å². The molecule has 0 unspecified atom stereocenters. The van der Waals surface area contributed by atoms with E-state index in [-0.39, 0.29) is 5.43 Å². The first-order valence-electron chi connectivity index (χ1n) is 11.4. The molecule has 32 heavy (non-hydrogen) atoms. The molecule has 0 aliphatic heterocycles. The smallest absolute Gasteiger partial charge is 0.0395 e. The first kappa shape index (κ1) is 26.7. The summed E-state index contributed by atoms with van der Waals surface area (Å²) in [6.45, 7) is 22.2. The van der Waals surface area contributed by atoms with E-state index in [4.69, 9.17) is 0 Å². The summed E-state index contributed by atoms with van der Waals surface area (Å²) in [5, 5.41) is 2.69. The quantitative estimate of drug-likeness (QED) is 0.175. The second-order valence-electron chi connectivity index (χ2n) is 9.23. The van der Waals surface area contributed by atoms with Gasteiger partial charge in [-0.15, -0.1) is 46.7 Å². The van der Waals surface area contributed by atoms with Crippen LogP contribution >= 0.6 is 0 Å². The molecule has 0 nitrogen and oxygen atoms in total. The Bertz CT molecular complexity index is 1180. The van der Waals surface area contributed by atoms with Gasteiger partial charge >= 0.3 is 41.9 Å². The zero-order valence-electron chi connectivity index (χ0n) is 21.6. The van der Waals surface area contributed by atoms with E-state index < -0.39 is 0 Å². The van der Waals surface area contributed by atoms with Crippen LogP contribution in [0.25, 0.3) is 21.9 Å². The minimum atomic E-state index is 0.210. The Balaban J connectivity index is 0.000000233. The molecule has 0 atom stereocenters. The van der Waals surface area contributed by atoms with Gasteiger partial charge in [-0.3, -0.25) is 0 Å². The van der Waals surface area contributed by atoms with Crippen molar-refractivity contribution in [3.8, 4) is 11.1 Å². The number of fused-ring (bicyclic) bond motifs is 1. The molecule has 0 heterocycles. The van der Waals surface area contributed by atoms with E-state index >= 15 is 0 Å². The Kier molecular flexibility index (Phi) is 9.68. The summed E-state index contributed by atoms with van der Waals surface area (Å²) in [6, 6.07) is 17.7. The molecule has 2 heteroatoms. The molecule has 4 aromatic carbocycles. The van der Waals surface area contributed by atoms with E-state index in [0.29, 0.717) is 0 Å². The number of hydrogen-bond donors (Lipinski definition) is 0. The van der Waals surface area contributed by atoms with Crippen LogP contribution < -0.4 is 0 Å². The van der Waals surface area contributed by atoms with Crippen molar-refractivity contribution in [1.82, 2.24) is 0 Å². The van der Waals surface area contributed by atoms with Crippen LogP contribution in [0.2, 0.25) is 13.1 Å². The average Bonchev–Trinajstić information content (AvgIpc) is 3.24. The predicted molar refractivity (Wildman–Crippen MR) is 142 cm³/mol. The maximum atomic E-state index is 2.31. The molecule has 0 radical (unpaired) electrons. The number of hydrogen-bond acceptors (Lipinski definition) is 0. The molecular formula is C30H38SiZr. The van der Waals surface area contributed by atoms with Crippen LogP contribution in [-0.4, -0.2) is 5.43 Å². The molecule has 0 fully saturated rings. The van der Waals surface area contributed by atoms with E-state index in [1.165, 1.54) is 66.4 Å². The van der Waals surface area contributed by atoms with Crippen LogP contribution in [0.4, 0.5) is 0 Å². The topological polar surface area (TPSA) is 0 Å². The van der Waals surface area contributed by atoms with Crippen LogP contribution in [0.5, 0.6) is 0 Å². The molecule has 4 aromatic rings. The van der Waals surface area contributed by atoms with Crippen molar-refractivity contribution in [2.45, 2.75) is 68.5 Å². The third-order valence-corrected chi connectivity index (χ3v) is 6.49. The number of aryl methyl sites for hydroxylation is 4. The van der Waals surface area contributed by atoms with Crippen LogP contribution in [-0.2, 0) is 23.3 Å². The maximum Gasteiger partial charge on any atom is -0.0395 e. The van der Waals surface area contributed by atoms with Gasteiger partial charge < -0.3 is 0 Å². The summed E-state index contributed by atoms with van der Waals surface area (Å²) in [6.07, 6.45) is 0. The van der Waals surface area contributed by atoms with E-state index in [1.54, 1.807) is 23.3 Å². The SMILES string of the molecule is C[Si](C)=[Zr+2].Cc1[cH-]c(C)c(C)c1C.Cc1cc(C)c(C)c(-c2c[cH-]c3ccccc23)c1C. The van der Waals surface area contributed by atoms with E-state index in [2.05, 4.69) is 117 Å². The second-order valence-corrected chi connectivity index (χ2v) is 18.6. The normalized spacial score (nSPS) is 10.4. The van der Waals surface area contributed by atoms with Crippen molar-refractivity contribution in [3.05, 3.63) is 93.0 Å². The van der Waals surface area contributed by atoms with Gasteiger partial charge in [-0.25, -0.2) is 0 Å². The zero-order chi connectivity index (χ0) is 24.2. The Morgan fingerprint density at radius 1 is 0.719 bits per heavy atom. The van der Waals surface area contributed by atoms with Crippen LogP contribution in [0.1, 0.15) is 44.5 Å². The Morgan fingerprint density at radius 3 is 1.62 bits per heavy atom. The van der Waals surface area contributed by atoms with Gasteiger partial charge in [0.15, 0.2) is 0 Å². The average molecular weight is 518 g/mol. The van der Waals surface area contributed by atoms with Gasteiger partial charge in [0, 0.05) is 0 Å². The van der Waals surface area contributed by atoms with Crippen molar-refractivity contribution in [2.75, 3.05) is 0 Å². The minimum Gasteiger partial charge on any atom is -0.196 e. The first-order valence-corrected chi connectivity index (χ1v) is 17.6. The summed E-state index contributed by atoms with van der Waals surface area (Å²) in [4.78, 5) is 0. The number of benzene rings is 2. The fourth-order valence-electron chi connectivity index (χ4n) is 4.12. The van der Waals surface area contributed by atoms with Gasteiger partial charge in [-0.2, -0.15) is 28.3 Å². The van der Waals surface area contributed by atoms with Crippen LogP contribution in [0.3, 0.4) is 0 Å². The summed E-state index contributed by atoms with van der Waals surface area (Å²) in [7, 11) is 0. The van der Waals surface area contributed by atoms with Gasteiger partial charge in [0.1, 0.15) is 0 Å². The first-order chi connectivity index (χ1) is 15.0. The molecule has 0 aromatic heterocycles. The summed E-state index contributed by atoms with van der Waals surface area (Å²) >= 11 is 1.74. The van der Waals surface area contributed by atoms with Crippen molar-refractivity contribution >= 4 is 16.2 Å². The molecule has 0 bridgehead atoms. The molecule has 0 N–H and O–H groups in total. The Morgan fingerprint density at radius 2 is 1.19 bits per heavy atom. The van der Waals surface area contributed by atoms with E-state index in [1.807, 2.05) is 0 Å². The fraction of sp³-hybridized carbons (Fsp3) is 0.333. The van der Waals surface area contributed by atoms with Crippen molar-refractivity contribution < 1.29 is 23.3 Å². The van der Waals surface area contributed by atoms with Crippen molar-refractivity contribution in [3.63, 3.8) is 0 Å². The fourth-order valence-corrected chi connectivity index (χ4v) is 4.12. The van der Waals surface area contributed by atoms with Gasteiger partial charge in [-0.1, -0.05) is 56.5 Å². The largest absolute Gasteiger partial charge is 0.196 e. The van der Waals surface area contributed by atoms with Gasteiger partial charge in [0.2, 0.25) is 0 Å².